The summed E-state index contributed by atoms with van der Waals surface area (Å²) in [6.07, 6.45) is 6.75. The number of allylic oxidation sites excluding steroid dienone is 1. The summed E-state index contributed by atoms with van der Waals surface area (Å²) >= 11 is 3.40. The number of rotatable bonds is 3. The van der Waals surface area contributed by atoms with Crippen LogP contribution >= 0.6 is 15.9 Å². The molecule has 0 saturated carbocycles. The van der Waals surface area contributed by atoms with Crippen LogP contribution in [-0.2, 0) is 0 Å². The first-order valence-electron chi connectivity index (χ1n) is 4.25. The largest absolute Gasteiger partial charge is 0.0840 e. The molecule has 0 aromatic heterocycles. The van der Waals surface area contributed by atoms with E-state index in [0.29, 0.717) is 0 Å². The molecule has 0 amide bonds. The van der Waals surface area contributed by atoms with Gasteiger partial charge in [-0.1, -0.05) is 53.6 Å². The number of benzene rings is 1. The van der Waals surface area contributed by atoms with E-state index in [-0.39, 0.29) is 0 Å². The Kier molecular flexibility index (Phi) is 4.09. The molecule has 0 aliphatic heterocycles. The van der Waals surface area contributed by atoms with Gasteiger partial charge in [-0.25, -0.2) is 0 Å². The van der Waals surface area contributed by atoms with Crippen molar-refractivity contribution < 1.29 is 0 Å². The smallest absolute Gasteiger partial charge is 0.0175 e. The second-order valence-corrected chi connectivity index (χ2v) is 3.66. The van der Waals surface area contributed by atoms with Gasteiger partial charge < -0.3 is 0 Å². The molecule has 1 aromatic carbocycles. The first-order chi connectivity index (χ1) is 5.83. The highest BCUT2D eigenvalue weighted by atomic mass is 79.9. The first-order valence-corrected chi connectivity index (χ1v) is 5.04. The monoisotopic (exact) mass is 224 g/mol. The maximum atomic E-state index is 3.40. The summed E-state index contributed by atoms with van der Waals surface area (Å²) in [4.78, 5) is 0. The summed E-state index contributed by atoms with van der Waals surface area (Å²) in [6.45, 7) is 2.19. The lowest BCUT2D eigenvalue weighted by Gasteiger charge is -1.92. The van der Waals surface area contributed by atoms with E-state index in [1.54, 1.807) is 0 Å². The predicted octanol–water partition coefficient (Wildman–Crippen LogP) is 4.26. The molecular weight excluding hydrogens is 212 g/mol. The predicted molar refractivity (Wildman–Crippen MR) is 58.1 cm³/mol. The van der Waals surface area contributed by atoms with Gasteiger partial charge in [0.2, 0.25) is 0 Å². The van der Waals surface area contributed by atoms with Crippen LogP contribution in [0.15, 0.2) is 34.8 Å². The van der Waals surface area contributed by atoms with Crippen molar-refractivity contribution in [1.29, 1.82) is 0 Å². The Hall–Kier alpha value is -0.560. The van der Waals surface area contributed by atoms with Gasteiger partial charge in [-0.2, -0.15) is 0 Å². The van der Waals surface area contributed by atoms with Crippen molar-refractivity contribution in [2.45, 2.75) is 19.8 Å². The van der Waals surface area contributed by atoms with Crippen molar-refractivity contribution in [2.75, 3.05) is 0 Å². The fraction of sp³-hybridized carbons (Fsp3) is 0.273. The maximum Gasteiger partial charge on any atom is 0.0175 e. The van der Waals surface area contributed by atoms with Crippen LogP contribution in [0, 0.1) is 0 Å². The third-order valence-electron chi connectivity index (χ3n) is 1.64. The zero-order chi connectivity index (χ0) is 8.81. The second kappa shape index (κ2) is 5.15. The average molecular weight is 225 g/mol. The third kappa shape index (κ3) is 3.22. The van der Waals surface area contributed by atoms with Gasteiger partial charge >= 0.3 is 0 Å². The van der Waals surface area contributed by atoms with Crippen molar-refractivity contribution >= 4 is 22.0 Å². The Labute approximate surface area is 82.4 Å². The summed E-state index contributed by atoms with van der Waals surface area (Å²) in [6, 6.07) is 8.34. The van der Waals surface area contributed by atoms with E-state index in [9.17, 15) is 0 Å². The molecule has 0 N–H and O–H groups in total. The molecule has 0 aliphatic rings. The lowest BCUT2D eigenvalue weighted by Crippen LogP contribution is -1.70. The molecule has 0 atom stereocenters. The van der Waals surface area contributed by atoms with Crippen LogP contribution in [0.25, 0.3) is 6.08 Å². The van der Waals surface area contributed by atoms with Gasteiger partial charge in [-0.15, -0.1) is 0 Å². The van der Waals surface area contributed by atoms with Crippen LogP contribution < -0.4 is 0 Å². The molecule has 0 nitrogen and oxygen atoms in total. The Morgan fingerprint density at radius 2 is 1.92 bits per heavy atom. The second-order valence-electron chi connectivity index (χ2n) is 2.74. The molecule has 12 heavy (non-hydrogen) atoms. The van der Waals surface area contributed by atoms with E-state index in [0.717, 1.165) is 10.9 Å². The first kappa shape index (κ1) is 9.53. The van der Waals surface area contributed by atoms with Crippen LogP contribution in [0.1, 0.15) is 25.3 Å². The van der Waals surface area contributed by atoms with Crippen LogP contribution in [0.4, 0.5) is 0 Å². The van der Waals surface area contributed by atoms with Gasteiger partial charge in [0.05, 0.1) is 0 Å². The van der Waals surface area contributed by atoms with E-state index < -0.39 is 0 Å². The SMILES string of the molecule is CCC/C=C/c1ccc(Br)cc1. The molecule has 0 aliphatic carbocycles. The van der Waals surface area contributed by atoms with Crippen molar-refractivity contribution in [3.05, 3.63) is 40.4 Å². The fourth-order valence-electron chi connectivity index (χ4n) is 0.960. The van der Waals surface area contributed by atoms with Gasteiger partial charge in [-0.05, 0) is 24.1 Å². The van der Waals surface area contributed by atoms with Crippen molar-refractivity contribution in [1.82, 2.24) is 0 Å². The van der Waals surface area contributed by atoms with Crippen molar-refractivity contribution in [3.8, 4) is 0 Å². The summed E-state index contributed by atoms with van der Waals surface area (Å²) in [5.74, 6) is 0. The highest BCUT2D eigenvalue weighted by Crippen LogP contribution is 2.11. The maximum absolute atomic E-state index is 3.40. The zero-order valence-corrected chi connectivity index (χ0v) is 8.84. The highest BCUT2D eigenvalue weighted by Gasteiger charge is 1.85. The highest BCUT2D eigenvalue weighted by molar-refractivity contribution is 9.10. The summed E-state index contributed by atoms with van der Waals surface area (Å²) in [5, 5.41) is 0. The minimum absolute atomic E-state index is 1.13. The number of unbranched alkanes of at least 4 members (excludes halogenated alkanes) is 1. The topological polar surface area (TPSA) is 0 Å². The number of halogens is 1. The molecule has 0 bridgehead atoms. The summed E-state index contributed by atoms with van der Waals surface area (Å²) in [5.41, 5.74) is 1.27. The normalized spacial score (nSPS) is 10.8. The van der Waals surface area contributed by atoms with Gasteiger partial charge in [0.1, 0.15) is 0 Å². The Morgan fingerprint density at radius 1 is 1.25 bits per heavy atom. The van der Waals surface area contributed by atoms with E-state index in [2.05, 4.69) is 59.3 Å². The summed E-state index contributed by atoms with van der Waals surface area (Å²) < 4.78 is 1.13. The van der Waals surface area contributed by atoms with Gasteiger partial charge in [0.15, 0.2) is 0 Å². The molecule has 1 heteroatoms. The fourth-order valence-corrected chi connectivity index (χ4v) is 1.22. The van der Waals surface area contributed by atoms with E-state index in [1.807, 2.05) is 0 Å². The van der Waals surface area contributed by atoms with Gasteiger partial charge in [0, 0.05) is 4.47 Å². The Morgan fingerprint density at radius 3 is 2.50 bits per heavy atom. The molecule has 0 radical (unpaired) electrons. The van der Waals surface area contributed by atoms with E-state index in [1.165, 1.54) is 12.0 Å². The standard InChI is InChI=1S/C11H13Br/c1-2-3-4-5-10-6-8-11(12)9-7-10/h4-9H,2-3H2,1H3/b5-4+. The molecule has 64 valence electrons. The molecule has 0 spiro atoms. The number of hydrogen-bond acceptors (Lipinski definition) is 0. The minimum Gasteiger partial charge on any atom is -0.0840 e. The lowest BCUT2D eigenvalue weighted by molar-refractivity contribution is 0.962. The van der Waals surface area contributed by atoms with E-state index in [4.69, 9.17) is 0 Å². The van der Waals surface area contributed by atoms with Crippen LogP contribution in [-0.4, -0.2) is 0 Å². The molecule has 0 saturated heterocycles. The molecule has 0 heterocycles. The van der Waals surface area contributed by atoms with Crippen LogP contribution in [0.2, 0.25) is 0 Å². The Bertz CT molecular complexity index is 246. The third-order valence-corrected chi connectivity index (χ3v) is 2.16. The molecular formula is C11H13Br. The van der Waals surface area contributed by atoms with E-state index >= 15 is 0 Å². The van der Waals surface area contributed by atoms with Gasteiger partial charge in [0.25, 0.3) is 0 Å². The zero-order valence-electron chi connectivity index (χ0n) is 7.26. The number of hydrogen-bond donors (Lipinski definition) is 0. The average Bonchev–Trinajstić information content (AvgIpc) is 2.09. The van der Waals surface area contributed by atoms with Crippen molar-refractivity contribution in [3.63, 3.8) is 0 Å². The quantitative estimate of drug-likeness (QED) is 0.720. The summed E-state index contributed by atoms with van der Waals surface area (Å²) in [7, 11) is 0. The van der Waals surface area contributed by atoms with Crippen LogP contribution in [0.3, 0.4) is 0 Å². The van der Waals surface area contributed by atoms with Crippen LogP contribution in [0.5, 0.6) is 0 Å². The lowest BCUT2D eigenvalue weighted by atomic mass is 10.2. The molecule has 1 rings (SSSR count). The molecule has 0 unspecified atom stereocenters. The van der Waals surface area contributed by atoms with Crippen molar-refractivity contribution in [2.24, 2.45) is 0 Å². The Balaban J connectivity index is 2.58. The van der Waals surface area contributed by atoms with Gasteiger partial charge in [-0.3, -0.25) is 0 Å². The molecule has 1 aromatic rings. The molecule has 0 fully saturated rings. The minimum atomic E-state index is 1.13.